The molecule has 21 heavy (non-hydrogen) atoms. The molecule has 0 aliphatic carbocycles. The third-order valence-corrected chi connectivity index (χ3v) is 3.41. The number of carbonyl (C=O) groups excluding carboxylic acids is 1. The van der Waals surface area contributed by atoms with Gasteiger partial charge < -0.3 is 15.1 Å². The molecular weight excluding hydrogens is 274 g/mol. The van der Waals surface area contributed by atoms with Crippen LogP contribution >= 0.6 is 0 Å². The molecule has 0 atom stereocenters. The molecule has 1 N–H and O–H groups in total. The number of pyridine rings is 1. The lowest BCUT2D eigenvalue weighted by Crippen LogP contribution is -2.48. The smallest absolute Gasteiger partial charge is 0.276 e. The Morgan fingerprint density at radius 3 is 2.57 bits per heavy atom. The van der Waals surface area contributed by atoms with E-state index in [1.165, 1.54) is 12.1 Å². The van der Waals surface area contributed by atoms with Crippen molar-refractivity contribution in [3.63, 3.8) is 0 Å². The van der Waals surface area contributed by atoms with Gasteiger partial charge in [-0.25, -0.2) is 4.98 Å². The summed E-state index contributed by atoms with van der Waals surface area (Å²) < 4.78 is 0. The molecule has 8 nitrogen and oxygen atoms in total. The van der Waals surface area contributed by atoms with Gasteiger partial charge >= 0.3 is 0 Å². The van der Waals surface area contributed by atoms with Crippen molar-refractivity contribution >= 4 is 23.2 Å². The summed E-state index contributed by atoms with van der Waals surface area (Å²) >= 11 is 0. The number of aromatic nitrogens is 1. The van der Waals surface area contributed by atoms with Crippen molar-refractivity contribution in [2.45, 2.75) is 13.8 Å². The predicted molar refractivity (Wildman–Crippen MR) is 79.5 cm³/mol. The minimum absolute atomic E-state index is 0.0185. The fraction of sp³-hybridized carbons (Fsp3) is 0.538. The van der Waals surface area contributed by atoms with Gasteiger partial charge in [-0.3, -0.25) is 14.9 Å². The van der Waals surface area contributed by atoms with Crippen LogP contribution in [0, 0.1) is 10.1 Å². The molecule has 114 valence electrons. The SMILES string of the molecule is CCNc1cc([N+](=O)[O-])cc(N2CCN(C(C)=O)CC2)n1. The van der Waals surface area contributed by atoms with Crippen LogP contribution in [0.3, 0.4) is 0 Å². The summed E-state index contributed by atoms with van der Waals surface area (Å²) in [6.07, 6.45) is 0. The predicted octanol–water partition coefficient (Wildman–Crippen LogP) is 1.09. The number of piperazine rings is 1. The van der Waals surface area contributed by atoms with Crippen LogP contribution in [-0.2, 0) is 4.79 Å². The van der Waals surface area contributed by atoms with Crippen LogP contribution in [0.25, 0.3) is 0 Å². The zero-order chi connectivity index (χ0) is 15.4. The molecule has 1 aromatic rings. The van der Waals surface area contributed by atoms with Crippen molar-refractivity contribution in [2.75, 3.05) is 42.9 Å². The standard InChI is InChI=1S/C13H19N5O3/c1-3-14-12-8-11(18(20)21)9-13(15-12)17-6-4-16(5-7-17)10(2)19/h8-9H,3-7H2,1-2H3,(H,14,15). The van der Waals surface area contributed by atoms with Gasteiger partial charge in [0.1, 0.15) is 11.6 Å². The highest BCUT2D eigenvalue weighted by molar-refractivity contribution is 5.73. The van der Waals surface area contributed by atoms with E-state index < -0.39 is 4.92 Å². The average Bonchev–Trinajstić information content (AvgIpc) is 2.47. The monoisotopic (exact) mass is 293 g/mol. The fourth-order valence-electron chi connectivity index (χ4n) is 2.29. The van der Waals surface area contributed by atoms with Crippen LogP contribution in [-0.4, -0.2) is 53.4 Å². The average molecular weight is 293 g/mol. The Bertz CT molecular complexity index is 541. The van der Waals surface area contributed by atoms with Crippen molar-refractivity contribution < 1.29 is 9.72 Å². The third-order valence-electron chi connectivity index (χ3n) is 3.41. The highest BCUT2D eigenvalue weighted by Crippen LogP contribution is 2.24. The minimum atomic E-state index is -0.419. The zero-order valence-electron chi connectivity index (χ0n) is 12.2. The molecule has 1 aliphatic rings. The van der Waals surface area contributed by atoms with Crippen LogP contribution in [0.4, 0.5) is 17.3 Å². The maximum Gasteiger partial charge on any atom is 0.276 e. The second-order valence-electron chi connectivity index (χ2n) is 4.85. The highest BCUT2D eigenvalue weighted by Gasteiger charge is 2.21. The first-order valence-electron chi connectivity index (χ1n) is 6.92. The van der Waals surface area contributed by atoms with Gasteiger partial charge in [0.25, 0.3) is 5.69 Å². The van der Waals surface area contributed by atoms with E-state index in [2.05, 4.69) is 10.3 Å². The van der Waals surface area contributed by atoms with Crippen molar-refractivity contribution in [3.8, 4) is 0 Å². The van der Waals surface area contributed by atoms with Gasteiger partial charge in [0.05, 0.1) is 17.1 Å². The van der Waals surface area contributed by atoms with Crippen LogP contribution < -0.4 is 10.2 Å². The number of hydrogen-bond acceptors (Lipinski definition) is 6. The summed E-state index contributed by atoms with van der Waals surface area (Å²) in [5, 5.41) is 14.0. The summed E-state index contributed by atoms with van der Waals surface area (Å²) in [4.78, 5) is 30.0. The largest absolute Gasteiger partial charge is 0.370 e. The Hall–Kier alpha value is -2.38. The summed E-state index contributed by atoms with van der Waals surface area (Å²) in [6.45, 7) is 6.56. The van der Waals surface area contributed by atoms with E-state index in [9.17, 15) is 14.9 Å². The van der Waals surface area contributed by atoms with E-state index in [4.69, 9.17) is 0 Å². The molecule has 0 aromatic carbocycles. The van der Waals surface area contributed by atoms with Gasteiger partial charge in [0.15, 0.2) is 0 Å². The summed E-state index contributed by atoms with van der Waals surface area (Å²) in [6, 6.07) is 2.91. The van der Waals surface area contributed by atoms with E-state index in [0.29, 0.717) is 44.4 Å². The highest BCUT2D eigenvalue weighted by atomic mass is 16.6. The molecule has 2 heterocycles. The first-order valence-corrected chi connectivity index (χ1v) is 6.92. The van der Waals surface area contributed by atoms with Gasteiger partial charge in [0, 0.05) is 39.6 Å². The van der Waals surface area contributed by atoms with E-state index in [1.54, 1.807) is 11.8 Å². The number of hydrogen-bond donors (Lipinski definition) is 1. The van der Waals surface area contributed by atoms with Crippen molar-refractivity contribution in [1.29, 1.82) is 0 Å². The quantitative estimate of drug-likeness (QED) is 0.660. The van der Waals surface area contributed by atoms with Crippen LogP contribution in [0.1, 0.15) is 13.8 Å². The van der Waals surface area contributed by atoms with E-state index in [1.807, 2.05) is 11.8 Å². The first kappa shape index (κ1) is 15.0. The molecule has 1 saturated heterocycles. The number of nitrogens with zero attached hydrogens (tertiary/aromatic N) is 4. The van der Waals surface area contributed by atoms with Gasteiger partial charge in [-0.2, -0.15) is 0 Å². The third kappa shape index (κ3) is 3.59. The molecule has 0 saturated carbocycles. The number of carbonyl (C=O) groups is 1. The van der Waals surface area contributed by atoms with E-state index >= 15 is 0 Å². The van der Waals surface area contributed by atoms with E-state index in [0.717, 1.165) is 0 Å². The topological polar surface area (TPSA) is 91.6 Å². The zero-order valence-corrected chi connectivity index (χ0v) is 12.2. The number of nitrogens with one attached hydrogen (secondary N) is 1. The lowest BCUT2D eigenvalue weighted by atomic mass is 10.3. The van der Waals surface area contributed by atoms with Crippen LogP contribution in [0.15, 0.2) is 12.1 Å². The maximum atomic E-state index is 11.3. The maximum absolute atomic E-state index is 11.3. The lowest BCUT2D eigenvalue weighted by molar-refractivity contribution is -0.384. The number of nitro groups is 1. The number of rotatable bonds is 4. The van der Waals surface area contributed by atoms with Gasteiger partial charge in [-0.05, 0) is 6.92 Å². The Morgan fingerprint density at radius 1 is 1.38 bits per heavy atom. The fourth-order valence-corrected chi connectivity index (χ4v) is 2.29. The Morgan fingerprint density at radius 2 is 2.05 bits per heavy atom. The lowest BCUT2D eigenvalue weighted by Gasteiger charge is -2.34. The molecule has 1 amide bonds. The number of anilines is 2. The number of amides is 1. The summed E-state index contributed by atoms with van der Waals surface area (Å²) in [7, 11) is 0. The molecule has 1 aliphatic heterocycles. The molecule has 0 bridgehead atoms. The normalized spacial score (nSPS) is 15.0. The summed E-state index contributed by atoms with van der Waals surface area (Å²) in [5.74, 6) is 1.12. The van der Waals surface area contributed by atoms with Crippen LogP contribution in [0.2, 0.25) is 0 Å². The van der Waals surface area contributed by atoms with Crippen molar-refractivity contribution in [3.05, 3.63) is 22.2 Å². The Balaban J connectivity index is 2.19. The Kier molecular flexibility index (Phi) is 4.56. The molecule has 2 rings (SSSR count). The Labute approximate surface area is 122 Å². The van der Waals surface area contributed by atoms with Gasteiger partial charge in [0.2, 0.25) is 5.91 Å². The molecule has 0 spiro atoms. The van der Waals surface area contributed by atoms with Gasteiger partial charge in [-0.1, -0.05) is 0 Å². The summed E-state index contributed by atoms with van der Waals surface area (Å²) in [5.41, 5.74) is 0.0185. The molecule has 1 aromatic heterocycles. The van der Waals surface area contributed by atoms with Crippen molar-refractivity contribution in [2.24, 2.45) is 0 Å². The van der Waals surface area contributed by atoms with Crippen molar-refractivity contribution in [1.82, 2.24) is 9.88 Å². The molecule has 0 radical (unpaired) electrons. The molecule has 8 heteroatoms. The molecular formula is C13H19N5O3. The van der Waals surface area contributed by atoms with Gasteiger partial charge in [-0.15, -0.1) is 0 Å². The first-order chi connectivity index (χ1) is 10.0. The van der Waals surface area contributed by atoms with E-state index in [-0.39, 0.29) is 11.6 Å². The van der Waals surface area contributed by atoms with Crippen LogP contribution in [0.5, 0.6) is 0 Å². The second-order valence-corrected chi connectivity index (χ2v) is 4.85. The molecule has 0 unspecified atom stereocenters. The second kappa shape index (κ2) is 6.38. The minimum Gasteiger partial charge on any atom is -0.370 e. The molecule has 1 fully saturated rings.